The summed E-state index contributed by atoms with van der Waals surface area (Å²) in [5, 5.41) is 8.53. The first-order valence-corrected chi connectivity index (χ1v) is 15.4. The molecule has 0 spiro atoms. The SMILES string of the molecule is CC1CC(c2cccc(-c3cnc4c(C(F)(F)F)cc(C5CCC5N5CCC[C@H](C)C5)cn4c3=O)c2)(c2nncn2C)C1. The molecule has 1 saturated heterocycles. The third kappa shape index (κ3) is 4.69. The molecule has 3 aliphatic rings. The zero-order valence-corrected chi connectivity index (χ0v) is 24.8. The van der Waals surface area contributed by atoms with Crippen LogP contribution in [-0.2, 0) is 18.6 Å². The molecule has 3 fully saturated rings. The number of benzene rings is 1. The monoisotopic (exact) mass is 590 g/mol. The smallest absolute Gasteiger partial charge is 0.320 e. The highest BCUT2D eigenvalue weighted by atomic mass is 19.4. The third-order valence-corrected chi connectivity index (χ3v) is 10.2. The third-order valence-electron chi connectivity index (χ3n) is 10.2. The molecule has 2 aliphatic carbocycles. The summed E-state index contributed by atoms with van der Waals surface area (Å²) in [4.78, 5) is 20.7. The number of aryl methyl sites for hydroxylation is 1. The summed E-state index contributed by atoms with van der Waals surface area (Å²) >= 11 is 0. The highest BCUT2D eigenvalue weighted by Crippen LogP contribution is 2.52. The van der Waals surface area contributed by atoms with Crippen molar-refractivity contribution in [3.8, 4) is 11.1 Å². The number of likely N-dealkylation sites (tertiary alicyclic amines) is 1. The lowest BCUT2D eigenvalue weighted by Gasteiger charge is -2.47. The van der Waals surface area contributed by atoms with E-state index in [2.05, 4.69) is 33.9 Å². The Morgan fingerprint density at radius 1 is 1.05 bits per heavy atom. The Hall–Kier alpha value is -3.53. The van der Waals surface area contributed by atoms with E-state index >= 15 is 0 Å². The topological polar surface area (TPSA) is 68.3 Å². The van der Waals surface area contributed by atoms with Crippen LogP contribution in [0.25, 0.3) is 16.8 Å². The molecule has 7 nitrogen and oxygen atoms in total. The van der Waals surface area contributed by atoms with Crippen molar-refractivity contribution in [2.24, 2.45) is 18.9 Å². The number of nitrogens with zero attached hydrogens (tertiary/aromatic N) is 6. The minimum atomic E-state index is -4.63. The van der Waals surface area contributed by atoms with Crippen LogP contribution in [0.5, 0.6) is 0 Å². The molecule has 2 unspecified atom stereocenters. The second-order valence-corrected chi connectivity index (χ2v) is 13.3. The Morgan fingerprint density at radius 3 is 2.51 bits per heavy atom. The van der Waals surface area contributed by atoms with Crippen molar-refractivity contribution < 1.29 is 13.2 Å². The summed E-state index contributed by atoms with van der Waals surface area (Å²) in [6.45, 7) is 6.38. The van der Waals surface area contributed by atoms with Crippen LogP contribution < -0.4 is 5.56 Å². The standard InChI is InChI=1S/C33H37F3N6O/c1-20-6-5-11-41(17-20)28-10-9-25(28)23-13-27(33(34,35)36)29-37-16-26(30(43)42(29)18-23)22-7-4-8-24(12-22)32(14-21(2)15-32)31-39-38-19-40(31)3/h4,7-8,12-13,16,18-21,25,28H,5-6,9-11,14-15,17H2,1-3H3/t20-,21?,25?,28?,32?/m0/s1. The number of hydrogen-bond acceptors (Lipinski definition) is 5. The average molecular weight is 591 g/mol. The molecule has 0 bridgehead atoms. The van der Waals surface area contributed by atoms with Gasteiger partial charge in [-0.15, -0.1) is 10.2 Å². The molecule has 2 saturated carbocycles. The Bertz CT molecular complexity index is 1740. The average Bonchev–Trinajstić information content (AvgIpc) is 3.36. The predicted molar refractivity (Wildman–Crippen MR) is 158 cm³/mol. The largest absolute Gasteiger partial charge is 0.419 e. The van der Waals surface area contributed by atoms with Gasteiger partial charge in [0.2, 0.25) is 0 Å². The maximum Gasteiger partial charge on any atom is 0.419 e. The molecule has 4 aromatic rings. The second-order valence-electron chi connectivity index (χ2n) is 13.3. The van der Waals surface area contributed by atoms with Gasteiger partial charge in [-0.1, -0.05) is 32.0 Å². The highest BCUT2D eigenvalue weighted by Gasteiger charge is 2.48. The van der Waals surface area contributed by atoms with Crippen LogP contribution in [0.3, 0.4) is 0 Å². The molecule has 0 radical (unpaired) electrons. The van der Waals surface area contributed by atoms with E-state index in [4.69, 9.17) is 0 Å². The molecular weight excluding hydrogens is 553 g/mol. The first kappa shape index (κ1) is 28.3. The molecule has 0 N–H and O–H groups in total. The zero-order valence-electron chi connectivity index (χ0n) is 24.8. The van der Waals surface area contributed by atoms with Crippen molar-refractivity contribution in [3.05, 3.63) is 81.9 Å². The van der Waals surface area contributed by atoms with Crippen LogP contribution in [0.15, 0.2) is 53.8 Å². The molecule has 226 valence electrons. The van der Waals surface area contributed by atoms with Crippen molar-refractivity contribution in [2.75, 3.05) is 13.1 Å². The summed E-state index contributed by atoms with van der Waals surface area (Å²) in [5.41, 5.74) is 0.454. The number of alkyl halides is 3. The number of piperidine rings is 1. The molecule has 10 heteroatoms. The first-order chi connectivity index (χ1) is 20.5. The van der Waals surface area contributed by atoms with E-state index in [0.29, 0.717) is 23.0 Å². The van der Waals surface area contributed by atoms with Crippen molar-refractivity contribution >= 4 is 5.65 Å². The van der Waals surface area contributed by atoms with Crippen molar-refractivity contribution in [3.63, 3.8) is 0 Å². The van der Waals surface area contributed by atoms with Gasteiger partial charge in [0.15, 0.2) is 5.65 Å². The Morgan fingerprint density at radius 2 is 1.86 bits per heavy atom. The molecular formula is C33H37F3N6O. The maximum absolute atomic E-state index is 14.4. The lowest BCUT2D eigenvalue weighted by atomic mass is 9.58. The summed E-state index contributed by atoms with van der Waals surface area (Å²) in [5.74, 6) is 1.92. The normalized spacial score (nSPS) is 28.0. The first-order valence-electron chi connectivity index (χ1n) is 15.4. The van der Waals surface area contributed by atoms with Crippen LogP contribution in [0.4, 0.5) is 13.2 Å². The van der Waals surface area contributed by atoms with Crippen molar-refractivity contribution in [1.29, 1.82) is 0 Å². The molecule has 3 aromatic heterocycles. The quantitative estimate of drug-likeness (QED) is 0.277. The van der Waals surface area contributed by atoms with Crippen LogP contribution >= 0.6 is 0 Å². The van der Waals surface area contributed by atoms with Gasteiger partial charge in [0.1, 0.15) is 12.2 Å². The van der Waals surface area contributed by atoms with E-state index in [1.54, 1.807) is 12.5 Å². The van der Waals surface area contributed by atoms with Crippen molar-refractivity contribution in [2.45, 2.75) is 75.9 Å². The molecule has 3 atom stereocenters. The van der Waals surface area contributed by atoms with Gasteiger partial charge in [0, 0.05) is 37.9 Å². The summed E-state index contributed by atoms with van der Waals surface area (Å²) < 4.78 is 46.2. The number of hydrogen-bond donors (Lipinski definition) is 0. The van der Waals surface area contributed by atoms with Crippen LogP contribution in [-0.4, -0.2) is 48.2 Å². The van der Waals surface area contributed by atoms with E-state index < -0.39 is 17.3 Å². The fraction of sp³-hybridized carbons (Fsp3) is 0.515. The molecule has 43 heavy (non-hydrogen) atoms. The fourth-order valence-corrected chi connectivity index (χ4v) is 8.03. The van der Waals surface area contributed by atoms with E-state index in [1.807, 2.05) is 35.9 Å². The minimum absolute atomic E-state index is 0.0402. The lowest BCUT2D eigenvalue weighted by Crippen LogP contribution is -2.49. The Kier molecular flexibility index (Phi) is 6.76. The van der Waals surface area contributed by atoms with Gasteiger partial charge in [0.05, 0.1) is 16.5 Å². The molecule has 0 amide bonds. The highest BCUT2D eigenvalue weighted by molar-refractivity contribution is 5.66. The number of fused-ring (bicyclic) bond motifs is 1. The maximum atomic E-state index is 14.4. The number of rotatable bonds is 5. The number of aromatic nitrogens is 5. The van der Waals surface area contributed by atoms with Crippen LogP contribution in [0.2, 0.25) is 0 Å². The van der Waals surface area contributed by atoms with Gasteiger partial charge in [-0.2, -0.15) is 13.2 Å². The van der Waals surface area contributed by atoms with Gasteiger partial charge >= 0.3 is 6.18 Å². The Balaban J connectivity index is 1.31. The summed E-state index contributed by atoms with van der Waals surface area (Å²) in [6.07, 6.45) is 5.83. The van der Waals surface area contributed by atoms with Crippen molar-refractivity contribution in [1.82, 2.24) is 29.0 Å². The lowest BCUT2D eigenvalue weighted by molar-refractivity contribution is -0.136. The summed E-state index contributed by atoms with van der Waals surface area (Å²) in [7, 11) is 1.93. The van der Waals surface area contributed by atoms with Gasteiger partial charge in [-0.3, -0.25) is 14.1 Å². The van der Waals surface area contributed by atoms with Crippen LogP contribution in [0, 0.1) is 11.8 Å². The molecule has 7 rings (SSSR count). The van der Waals surface area contributed by atoms with Gasteiger partial charge in [-0.25, -0.2) is 4.98 Å². The van der Waals surface area contributed by atoms with E-state index in [1.165, 1.54) is 18.7 Å². The molecule has 1 aromatic carbocycles. The van der Waals surface area contributed by atoms with E-state index in [-0.39, 0.29) is 28.6 Å². The fourth-order valence-electron chi connectivity index (χ4n) is 8.03. The molecule has 4 heterocycles. The van der Waals surface area contributed by atoms with Gasteiger partial charge < -0.3 is 4.57 Å². The summed E-state index contributed by atoms with van der Waals surface area (Å²) in [6, 6.07) is 9.17. The predicted octanol–water partition coefficient (Wildman–Crippen LogP) is 6.20. The van der Waals surface area contributed by atoms with Crippen LogP contribution in [0.1, 0.15) is 80.8 Å². The van der Waals surface area contributed by atoms with Gasteiger partial charge in [-0.05, 0) is 85.7 Å². The molecule has 1 aliphatic heterocycles. The number of halogens is 3. The van der Waals surface area contributed by atoms with E-state index in [9.17, 15) is 18.0 Å². The Labute approximate surface area is 248 Å². The number of pyridine rings is 1. The van der Waals surface area contributed by atoms with E-state index in [0.717, 1.165) is 61.0 Å². The second kappa shape index (κ2) is 10.3. The minimum Gasteiger partial charge on any atom is -0.320 e. The van der Waals surface area contributed by atoms with Gasteiger partial charge in [0.25, 0.3) is 5.56 Å². The zero-order chi connectivity index (χ0) is 30.1.